The normalized spacial score (nSPS) is 11.4. The van der Waals surface area contributed by atoms with Crippen LogP contribution in [0.25, 0.3) is 0 Å². The number of methoxy groups -OCH3 is 1. The maximum Gasteiger partial charge on any atom is 0.240 e. The third-order valence-corrected chi connectivity index (χ3v) is 2.93. The van der Waals surface area contributed by atoms with E-state index in [0.717, 1.165) is 6.42 Å². The van der Waals surface area contributed by atoms with E-state index < -0.39 is 0 Å². The van der Waals surface area contributed by atoms with E-state index >= 15 is 0 Å². The molecule has 0 aliphatic rings. The van der Waals surface area contributed by atoms with Crippen LogP contribution in [0.4, 0.5) is 0 Å². The second-order valence-corrected chi connectivity index (χ2v) is 5.69. The highest BCUT2D eigenvalue weighted by atomic mass is 16.5. The number of hydrogen-bond acceptors (Lipinski definition) is 6. The standard InChI is InChI=1S/C14H26N4O3/c1-11(2)8-12-15-13(21-16-12)9-18(6-7-20-5)10-14(19)17(3)4/h11H,6-10H2,1-5H3. The summed E-state index contributed by atoms with van der Waals surface area (Å²) in [6.07, 6.45) is 0.790. The van der Waals surface area contributed by atoms with Crippen molar-refractivity contribution in [3.05, 3.63) is 11.7 Å². The van der Waals surface area contributed by atoms with E-state index in [4.69, 9.17) is 9.26 Å². The summed E-state index contributed by atoms with van der Waals surface area (Å²) >= 11 is 0. The summed E-state index contributed by atoms with van der Waals surface area (Å²) in [7, 11) is 5.12. The van der Waals surface area contributed by atoms with Crippen LogP contribution in [0.2, 0.25) is 0 Å². The smallest absolute Gasteiger partial charge is 0.240 e. The van der Waals surface area contributed by atoms with Crippen LogP contribution in [0.5, 0.6) is 0 Å². The summed E-state index contributed by atoms with van der Waals surface area (Å²) in [6.45, 7) is 6.16. The fourth-order valence-electron chi connectivity index (χ4n) is 1.76. The largest absolute Gasteiger partial charge is 0.383 e. The number of nitrogens with zero attached hydrogens (tertiary/aromatic N) is 4. The molecule has 1 aromatic rings. The van der Waals surface area contributed by atoms with Crippen molar-refractivity contribution in [1.29, 1.82) is 0 Å². The van der Waals surface area contributed by atoms with E-state index in [-0.39, 0.29) is 5.91 Å². The number of hydrogen-bond donors (Lipinski definition) is 0. The van der Waals surface area contributed by atoms with Gasteiger partial charge in [0, 0.05) is 34.2 Å². The summed E-state index contributed by atoms with van der Waals surface area (Å²) in [5, 5.41) is 3.96. The maximum absolute atomic E-state index is 11.8. The lowest BCUT2D eigenvalue weighted by molar-refractivity contribution is -0.130. The number of ether oxygens (including phenoxy) is 1. The molecule has 0 unspecified atom stereocenters. The Morgan fingerprint density at radius 2 is 2.10 bits per heavy atom. The Morgan fingerprint density at radius 1 is 1.38 bits per heavy atom. The van der Waals surface area contributed by atoms with Crippen molar-refractivity contribution in [1.82, 2.24) is 19.9 Å². The number of amides is 1. The Morgan fingerprint density at radius 3 is 2.67 bits per heavy atom. The zero-order valence-corrected chi connectivity index (χ0v) is 13.6. The molecule has 0 atom stereocenters. The van der Waals surface area contributed by atoms with Crippen molar-refractivity contribution in [2.45, 2.75) is 26.8 Å². The van der Waals surface area contributed by atoms with Gasteiger partial charge in [-0.25, -0.2) is 0 Å². The average Bonchev–Trinajstić information content (AvgIpc) is 2.82. The molecule has 7 nitrogen and oxygen atoms in total. The fraction of sp³-hybridized carbons (Fsp3) is 0.786. The van der Waals surface area contributed by atoms with Crippen LogP contribution in [0.1, 0.15) is 25.6 Å². The Hall–Kier alpha value is -1.47. The maximum atomic E-state index is 11.8. The van der Waals surface area contributed by atoms with Gasteiger partial charge in [-0.05, 0) is 5.92 Å². The number of aromatic nitrogens is 2. The topological polar surface area (TPSA) is 71.7 Å². The highest BCUT2D eigenvalue weighted by Gasteiger charge is 2.16. The minimum Gasteiger partial charge on any atom is -0.383 e. The summed E-state index contributed by atoms with van der Waals surface area (Å²) < 4.78 is 10.3. The van der Waals surface area contributed by atoms with Gasteiger partial charge in [-0.1, -0.05) is 19.0 Å². The van der Waals surface area contributed by atoms with Gasteiger partial charge in [0.15, 0.2) is 5.82 Å². The van der Waals surface area contributed by atoms with Crippen LogP contribution in [0.15, 0.2) is 4.52 Å². The van der Waals surface area contributed by atoms with Gasteiger partial charge < -0.3 is 14.2 Å². The first-order chi connectivity index (χ1) is 9.92. The molecular formula is C14H26N4O3. The molecule has 1 amide bonds. The molecule has 0 aliphatic heterocycles. The van der Waals surface area contributed by atoms with Crippen molar-refractivity contribution in [2.75, 3.05) is 40.9 Å². The van der Waals surface area contributed by atoms with E-state index in [0.29, 0.717) is 43.9 Å². The third-order valence-electron chi connectivity index (χ3n) is 2.93. The molecule has 0 saturated heterocycles. The minimum absolute atomic E-state index is 0.0352. The van der Waals surface area contributed by atoms with Crippen molar-refractivity contribution in [3.8, 4) is 0 Å². The van der Waals surface area contributed by atoms with Gasteiger partial charge in [0.05, 0.1) is 19.7 Å². The minimum atomic E-state index is 0.0352. The zero-order chi connectivity index (χ0) is 15.8. The number of rotatable bonds is 9. The molecule has 1 aromatic heterocycles. The van der Waals surface area contributed by atoms with Crippen LogP contribution in [0, 0.1) is 5.92 Å². The van der Waals surface area contributed by atoms with E-state index in [1.165, 1.54) is 0 Å². The second kappa shape index (κ2) is 8.74. The van der Waals surface area contributed by atoms with Crippen LogP contribution in [-0.2, 0) is 22.5 Å². The van der Waals surface area contributed by atoms with E-state index in [2.05, 4.69) is 24.0 Å². The molecule has 0 spiro atoms. The first kappa shape index (κ1) is 17.6. The second-order valence-electron chi connectivity index (χ2n) is 5.69. The number of carbonyl (C=O) groups excluding carboxylic acids is 1. The first-order valence-electron chi connectivity index (χ1n) is 7.15. The molecular weight excluding hydrogens is 272 g/mol. The predicted molar refractivity (Wildman–Crippen MR) is 78.7 cm³/mol. The van der Waals surface area contributed by atoms with Crippen LogP contribution >= 0.6 is 0 Å². The summed E-state index contributed by atoms with van der Waals surface area (Å²) in [6, 6.07) is 0. The summed E-state index contributed by atoms with van der Waals surface area (Å²) in [4.78, 5) is 19.7. The first-order valence-corrected chi connectivity index (χ1v) is 7.15. The van der Waals surface area contributed by atoms with Crippen molar-refractivity contribution in [2.24, 2.45) is 5.92 Å². The van der Waals surface area contributed by atoms with E-state index in [1.54, 1.807) is 26.1 Å². The summed E-state index contributed by atoms with van der Waals surface area (Å²) in [5.74, 6) is 1.77. The van der Waals surface area contributed by atoms with Crippen molar-refractivity contribution < 1.29 is 14.1 Å². The molecule has 0 bridgehead atoms. The van der Waals surface area contributed by atoms with Gasteiger partial charge in [0.25, 0.3) is 0 Å². The van der Waals surface area contributed by atoms with Crippen LogP contribution < -0.4 is 0 Å². The number of likely N-dealkylation sites (N-methyl/N-ethyl adjacent to an activating group) is 1. The van der Waals surface area contributed by atoms with Crippen molar-refractivity contribution in [3.63, 3.8) is 0 Å². The molecule has 1 rings (SSSR count). The zero-order valence-electron chi connectivity index (χ0n) is 13.6. The quantitative estimate of drug-likeness (QED) is 0.671. The summed E-state index contributed by atoms with van der Waals surface area (Å²) in [5.41, 5.74) is 0. The molecule has 120 valence electrons. The van der Waals surface area contributed by atoms with Gasteiger partial charge in [-0.3, -0.25) is 9.69 Å². The predicted octanol–water partition coefficient (Wildman–Crippen LogP) is 0.805. The van der Waals surface area contributed by atoms with Gasteiger partial charge >= 0.3 is 0 Å². The van der Waals surface area contributed by atoms with Crippen molar-refractivity contribution >= 4 is 5.91 Å². The Balaban J connectivity index is 2.62. The van der Waals surface area contributed by atoms with Crippen LogP contribution in [0.3, 0.4) is 0 Å². The highest BCUT2D eigenvalue weighted by molar-refractivity contribution is 5.77. The molecule has 0 aromatic carbocycles. The molecule has 7 heteroatoms. The third kappa shape index (κ3) is 6.68. The highest BCUT2D eigenvalue weighted by Crippen LogP contribution is 2.07. The Bertz CT molecular complexity index is 432. The SMILES string of the molecule is COCCN(CC(=O)N(C)C)Cc1nc(CC(C)C)no1. The van der Waals surface area contributed by atoms with E-state index in [1.807, 2.05) is 4.90 Å². The van der Waals surface area contributed by atoms with E-state index in [9.17, 15) is 4.79 Å². The monoisotopic (exact) mass is 298 g/mol. The fourth-order valence-corrected chi connectivity index (χ4v) is 1.76. The van der Waals surface area contributed by atoms with Gasteiger partial charge in [0.2, 0.25) is 11.8 Å². The molecule has 21 heavy (non-hydrogen) atoms. The van der Waals surface area contributed by atoms with Gasteiger partial charge in [-0.15, -0.1) is 0 Å². The molecule has 0 saturated carbocycles. The lowest BCUT2D eigenvalue weighted by Crippen LogP contribution is -2.38. The average molecular weight is 298 g/mol. The molecule has 0 radical (unpaired) electrons. The molecule has 0 aliphatic carbocycles. The molecule has 1 heterocycles. The van der Waals surface area contributed by atoms with Gasteiger partial charge in [-0.2, -0.15) is 4.98 Å². The lowest BCUT2D eigenvalue weighted by Gasteiger charge is -2.21. The lowest BCUT2D eigenvalue weighted by atomic mass is 10.1. The Labute approximate surface area is 126 Å². The molecule has 0 fully saturated rings. The van der Waals surface area contributed by atoms with Gasteiger partial charge in [0.1, 0.15) is 0 Å². The van der Waals surface area contributed by atoms with Crippen LogP contribution in [-0.4, -0.2) is 66.7 Å². The number of carbonyl (C=O) groups is 1. The molecule has 0 N–H and O–H groups in total. The Kier molecular flexibility index (Phi) is 7.31.